The molecular formula is C17H25Cl2O3S-. The van der Waals surface area contributed by atoms with Gasteiger partial charge in [-0.1, -0.05) is 63.1 Å². The molecule has 0 radical (unpaired) electrons. The summed E-state index contributed by atoms with van der Waals surface area (Å²) in [6, 6.07) is 4.69. The molecule has 6 heteroatoms. The first-order chi connectivity index (χ1) is 10.8. The highest BCUT2D eigenvalue weighted by atomic mass is 35.5. The van der Waals surface area contributed by atoms with Crippen molar-refractivity contribution in [3.8, 4) is 0 Å². The highest BCUT2D eigenvalue weighted by molar-refractivity contribution is 7.85. The van der Waals surface area contributed by atoms with Crippen molar-refractivity contribution in [1.29, 1.82) is 0 Å². The van der Waals surface area contributed by atoms with Crippen LogP contribution in [0.1, 0.15) is 68.9 Å². The minimum Gasteiger partial charge on any atom is -0.744 e. The molecule has 1 aromatic rings. The number of hydrogen-bond acceptors (Lipinski definition) is 3. The maximum atomic E-state index is 11.5. The van der Waals surface area contributed by atoms with E-state index in [0.29, 0.717) is 12.0 Å². The smallest absolute Gasteiger partial charge is 0.124 e. The molecule has 3 nitrogen and oxygen atoms in total. The van der Waals surface area contributed by atoms with E-state index in [2.05, 4.69) is 6.92 Å². The Bertz CT molecular complexity index is 586. The van der Waals surface area contributed by atoms with Crippen LogP contribution in [0, 0.1) is 6.92 Å². The molecule has 1 rings (SSSR count). The summed E-state index contributed by atoms with van der Waals surface area (Å²) < 4.78 is 34.5. The highest BCUT2D eigenvalue weighted by Gasteiger charge is 2.24. The van der Waals surface area contributed by atoms with Gasteiger partial charge in [0.05, 0.1) is 4.90 Å². The maximum Gasteiger partial charge on any atom is 0.124 e. The van der Waals surface area contributed by atoms with E-state index in [-0.39, 0.29) is 10.8 Å². The molecule has 0 amide bonds. The standard InChI is InChI=1S/C17H26Cl2O3S/c1-3-4-5-6-7-8-9-14(17(18)19)15-12-13(2)10-11-16(15)23(20,21)22/h10-12,14,17H,3-9H2,1-2H3,(H,20,21,22)/p-1. The largest absolute Gasteiger partial charge is 0.744 e. The van der Waals surface area contributed by atoms with Gasteiger partial charge in [0.25, 0.3) is 0 Å². The van der Waals surface area contributed by atoms with Gasteiger partial charge in [-0.05, 0) is 25.0 Å². The minimum absolute atomic E-state index is 0.203. The highest BCUT2D eigenvalue weighted by Crippen LogP contribution is 2.36. The molecule has 1 aromatic carbocycles. The normalized spacial score (nSPS) is 13.5. The third-order valence-electron chi connectivity index (χ3n) is 4.01. The average Bonchev–Trinajstić information content (AvgIpc) is 2.44. The van der Waals surface area contributed by atoms with Crippen LogP contribution in [0.25, 0.3) is 0 Å². The minimum atomic E-state index is -4.54. The van der Waals surface area contributed by atoms with E-state index < -0.39 is 15.0 Å². The number of halogens is 2. The Morgan fingerprint density at radius 2 is 1.70 bits per heavy atom. The number of alkyl halides is 2. The number of aryl methyl sites for hydroxylation is 1. The molecule has 0 saturated heterocycles. The van der Waals surface area contributed by atoms with Crippen molar-refractivity contribution in [1.82, 2.24) is 0 Å². The molecule has 1 unspecified atom stereocenters. The number of hydrogen-bond donors (Lipinski definition) is 0. The van der Waals surface area contributed by atoms with Gasteiger partial charge in [-0.25, -0.2) is 8.42 Å². The summed E-state index contributed by atoms with van der Waals surface area (Å²) in [6.07, 6.45) is 7.43. The Balaban J connectivity index is 2.87. The van der Waals surface area contributed by atoms with Gasteiger partial charge in [0, 0.05) is 5.92 Å². The van der Waals surface area contributed by atoms with Crippen LogP contribution < -0.4 is 0 Å². The Morgan fingerprint density at radius 1 is 1.09 bits per heavy atom. The topological polar surface area (TPSA) is 57.2 Å². The molecule has 0 saturated carbocycles. The van der Waals surface area contributed by atoms with Gasteiger partial charge in [-0.3, -0.25) is 0 Å². The lowest BCUT2D eigenvalue weighted by atomic mass is 9.93. The quantitative estimate of drug-likeness (QED) is 0.304. The molecule has 0 fully saturated rings. The maximum absolute atomic E-state index is 11.5. The van der Waals surface area contributed by atoms with E-state index >= 15 is 0 Å². The lowest BCUT2D eigenvalue weighted by Crippen LogP contribution is -2.13. The summed E-state index contributed by atoms with van der Waals surface area (Å²) in [5, 5.41) is 0. The fourth-order valence-corrected chi connectivity index (χ4v) is 4.00. The predicted molar refractivity (Wildman–Crippen MR) is 95.4 cm³/mol. The first-order valence-corrected chi connectivity index (χ1v) is 10.4. The third kappa shape index (κ3) is 7.00. The summed E-state index contributed by atoms with van der Waals surface area (Å²) in [4.78, 5) is -0.946. The fraction of sp³-hybridized carbons (Fsp3) is 0.647. The zero-order valence-corrected chi connectivity index (χ0v) is 16.1. The Hall–Kier alpha value is -0.290. The summed E-state index contributed by atoms with van der Waals surface area (Å²) in [7, 11) is -4.54. The van der Waals surface area contributed by atoms with E-state index in [1.54, 1.807) is 12.1 Å². The zero-order chi connectivity index (χ0) is 17.5. The second kappa shape index (κ2) is 9.87. The van der Waals surface area contributed by atoms with Gasteiger partial charge < -0.3 is 4.55 Å². The van der Waals surface area contributed by atoms with Crippen molar-refractivity contribution >= 4 is 33.3 Å². The van der Waals surface area contributed by atoms with Gasteiger partial charge in [-0.15, -0.1) is 23.2 Å². The Labute approximate surface area is 150 Å². The van der Waals surface area contributed by atoms with E-state index in [4.69, 9.17) is 23.2 Å². The van der Waals surface area contributed by atoms with Crippen molar-refractivity contribution in [2.24, 2.45) is 0 Å². The van der Waals surface area contributed by atoms with Crippen LogP contribution in [0.4, 0.5) is 0 Å². The van der Waals surface area contributed by atoms with E-state index in [1.165, 1.54) is 25.3 Å². The monoisotopic (exact) mass is 379 g/mol. The van der Waals surface area contributed by atoms with Crippen molar-refractivity contribution in [2.45, 2.75) is 74.4 Å². The van der Waals surface area contributed by atoms with Crippen molar-refractivity contribution < 1.29 is 13.0 Å². The van der Waals surface area contributed by atoms with Crippen LogP contribution in [0.3, 0.4) is 0 Å². The first-order valence-electron chi connectivity index (χ1n) is 8.12. The second-order valence-corrected chi connectivity index (χ2v) is 8.50. The van der Waals surface area contributed by atoms with Gasteiger partial charge in [0.2, 0.25) is 0 Å². The van der Waals surface area contributed by atoms with Crippen LogP contribution in [0.5, 0.6) is 0 Å². The van der Waals surface area contributed by atoms with Crippen LogP contribution in [0.2, 0.25) is 0 Å². The molecular weight excluding hydrogens is 355 g/mol. The van der Waals surface area contributed by atoms with Gasteiger partial charge in [-0.2, -0.15) is 0 Å². The summed E-state index contributed by atoms with van der Waals surface area (Å²) in [5.41, 5.74) is 1.33. The lowest BCUT2D eigenvalue weighted by molar-refractivity contribution is 0.459. The molecule has 0 aliphatic carbocycles. The Morgan fingerprint density at radius 3 is 2.26 bits per heavy atom. The first kappa shape index (κ1) is 20.8. The number of benzene rings is 1. The van der Waals surface area contributed by atoms with Gasteiger partial charge >= 0.3 is 0 Å². The number of rotatable bonds is 10. The van der Waals surface area contributed by atoms with E-state index in [0.717, 1.165) is 24.8 Å². The molecule has 1 atom stereocenters. The number of unbranched alkanes of at least 4 members (excludes halogenated alkanes) is 5. The van der Waals surface area contributed by atoms with Crippen LogP contribution in [-0.2, 0) is 10.1 Å². The molecule has 0 heterocycles. The predicted octanol–water partition coefficient (Wildman–Crippen LogP) is 5.54. The summed E-state index contributed by atoms with van der Waals surface area (Å²) >= 11 is 12.2. The molecule has 23 heavy (non-hydrogen) atoms. The molecule has 132 valence electrons. The molecule has 0 aromatic heterocycles. The fourth-order valence-electron chi connectivity index (χ4n) is 2.75. The molecule has 0 spiro atoms. The van der Waals surface area contributed by atoms with E-state index in [1.807, 2.05) is 6.92 Å². The summed E-state index contributed by atoms with van der Waals surface area (Å²) in [5.74, 6) is -0.344. The van der Waals surface area contributed by atoms with Gasteiger partial charge in [0.1, 0.15) is 15.0 Å². The van der Waals surface area contributed by atoms with Crippen molar-refractivity contribution in [2.75, 3.05) is 0 Å². The lowest BCUT2D eigenvalue weighted by Gasteiger charge is -2.23. The average molecular weight is 380 g/mol. The second-order valence-electron chi connectivity index (χ2n) is 5.99. The zero-order valence-electron chi connectivity index (χ0n) is 13.7. The van der Waals surface area contributed by atoms with Gasteiger partial charge in [0.15, 0.2) is 0 Å². The third-order valence-corrected chi connectivity index (χ3v) is 5.53. The van der Waals surface area contributed by atoms with Crippen molar-refractivity contribution in [3.05, 3.63) is 29.3 Å². The van der Waals surface area contributed by atoms with Crippen LogP contribution in [-0.4, -0.2) is 17.8 Å². The van der Waals surface area contributed by atoms with E-state index in [9.17, 15) is 13.0 Å². The Kier molecular flexibility index (Phi) is 8.91. The molecule has 0 N–H and O–H groups in total. The molecule has 0 aliphatic heterocycles. The van der Waals surface area contributed by atoms with Crippen LogP contribution in [0.15, 0.2) is 23.1 Å². The van der Waals surface area contributed by atoms with Crippen LogP contribution >= 0.6 is 23.2 Å². The molecule has 0 bridgehead atoms. The van der Waals surface area contributed by atoms with Crippen molar-refractivity contribution in [3.63, 3.8) is 0 Å². The molecule has 0 aliphatic rings. The SMILES string of the molecule is CCCCCCCCC(c1cc(C)ccc1S(=O)(=O)[O-])C(Cl)Cl. The summed E-state index contributed by atoms with van der Waals surface area (Å²) in [6.45, 7) is 4.02.